The van der Waals surface area contributed by atoms with E-state index >= 15 is 0 Å². The third-order valence-electron chi connectivity index (χ3n) is 6.69. The summed E-state index contributed by atoms with van der Waals surface area (Å²) in [5.74, 6) is 1.33. The van der Waals surface area contributed by atoms with Crippen molar-refractivity contribution in [2.75, 3.05) is 62.7 Å². The Balaban J connectivity index is 1.35. The Hall–Kier alpha value is -3.09. The van der Waals surface area contributed by atoms with Crippen LogP contribution in [0.3, 0.4) is 0 Å². The number of aryl methyl sites for hydroxylation is 1. The van der Waals surface area contributed by atoms with Crippen LogP contribution < -0.4 is 20.3 Å². The van der Waals surface area contributed by atoms with Crippen molar-refractivity contribution in [2.45, 2.75) is 31.9 Å². The molecule has 0 saturated carbocycles. The molecule has 3 fully saturated rings. The summed E-state index contributed by atoms with van der Waals surface area (Å²) in [5, 5.41) is 6.01. The number of rotatable bonds is 6. The van der Waals surface area contributed by atoms with Crippen LogP contribution in [0.2, 0.25) is 0 Å². The van der Waals surface area contributed by atoms with Crippen LogP contribution in [0, 0.1) is 6.92 Å². The van der Waals surface area contributed by atoms with Crippen molar-refractivity contribution in [3.05, 3.63) is 35.9 Å². The molecule has 200 valence electrons. The van der Waals surface area contributed by atoms with Gasteiger partial charge in [0.25, 0.3) is 0 Å². The third kappa shape index (κ3) is 6.43. The number of nitrogens with one attached hydrogen (secondary N) is 2. The number of ether oxygens (including phenoxy) is 3. The average Bonchev–Trinajstić information content (AvgIpc) is 3.30. The summed E-state index contributed by atoms with van der Waals surface area (Å²) < 4.78 is 53.2. The van der Waals surface area contributed by atoms with Gasteiger partial charge in [-0.1, -0.05) is 6.07 Å². The van der Waals surface area contributed by atoms with Crippen molar-refractivity contribution in [1.82, 2.24) is 15.2 Å². The number of hydrogen-bond donors (Lipinski definition) is 2. The van der Waals surface area contributed by atoms with Crippen LogP contribution in [0.1, 0.15) is 12.0 Å². The molecule has 5 rings (SSSR count). The number of pyridine rings is 1. The number of benzene rings is 1. The first-order chi connectivity index (χ1) is 17.7. The average molecular weight is 522 g/mol. The maximum Gasteiger partial charge on any atom is 0.522 e. The van der Waals surface area contributed by atoms with Gasteiger partial charge in [0.2, 0.25) is 5.88 Å². The summed E-state index contributed by atoms with van der Waals surface area (Å²) in [6.07, 6.45) is -5.57. The Morgan fingerprint density at radius 2 is 1.92 bits per heavy atom. The zero-order valence-electron chi connectivity index (χ0n) is 20.5. The lowest BCUT2D eigenvalue weighted by Crippen LogP contribution is -2.50. The molecular formula is C25H30F3N5O4. The summed E-state index contributed by atoms with van der Waals surface area (Å²) in [6.45, 7) is 6.29. The zero-order chi connectivity index (χ0) is 26.0. The topological polar surface area (TPSA) is 88.2 Å². The van der Waals surface area contributed by atoms with Gasteiger partial charge in [0, 0.05) is 51.0 Å². The molecule has 1 aromatic heterocycles. The normalized spacial score (nSPS) is 20.6. The summed E-state index contributed by atoms with van der Waals surface area (Å²) >= 11 is 0. The predicted octanol–water partition coefficient (Wildman–Crippen LogP) is 3.39. The third-order valence-corrected chi connectivity index (χ3v) is 6.69. The number of carbonyl (C=O) groups excluding carboxylic acids is 1. The van der Waals surface area contributed by atoms with Gasteiger partial charge in [0.15, 0.2) is 0 Å². The molecule has 2 aromatic rings. The van der Waals surface area contributed by atoms with E-state index in [9.17, 15) is 18.0 Å². The van der Waals surface area contributed by atoms with E-state index in [0.29, 0.717) is 24.8 Å². The van der Waals surface area contributed by atoms with Crippen LogP contribution in [-0.4, -0.2) is 87.0 Å². The van der Waals surface area contributed by atoms with E-state index < -0.39 is 18.5 Å². The smallest absolute Gasteiger partial charge is 0.472 e. The standard InChI is InChI=1S/C25H30F3N5O4/c1-16-2-3-18(30-24(34)33-5-4-19(15-33)37-25(26,27)28)12-21(16)17-10-22(32-6-8-35-9-7-32)31-23(11-17)36-20-13-29-14-20/h2-3,10-12,19-20,29H,4-9,13-15H2,1H3,(H,30,34)/t19-/m1/s1. The van der Waals surface area contributed by atoms with Gasteiger partial charge >= 0.3 is 12.4 Å². The van der Waals surface area contributed by atoms with Crippen molar-refractivity contribution < 1.29 is 32.2 Å². The Morgan fingerprint density at radius 1 is 1.14 bits per heavy atom. The fourth-order valence-electron chi connectivity index (χ4n) is 4.59. The molecule has 0 spiro atoms. The van der Waals surface area contributed by atoms with Crippen molar-refractivity contribution in [3.63, 3.8) is 0 Å². The lowest BCUT2D eigenvalue weighted by molar-refractivity contribution is -0.340. The van der Waals surface area contributed by atoms with E-state index in [0.717, 1.165) is 48.7 Å². The number of amides is 2. The monoisotopic (exact) mass is 521 g/mol. The molecule has 12 heteroatoms. The van der Waals surface area contributed by atoms with Gasteiger partial charge in [-0.05, 0) is 48.2 Å². The SMILES string of the molecule is Cc1ccc(NC(=O)N2CC[C@@H](OC(F)(F)F)C2)cc1-c1cc(OC2CNC2)nc(N2CCOCC2)c1. The number of morpholine rings is 1. The molecule has 1 atom stereocenters. The fourth-order valence-corrected chi connectivity index (χ4v) is 4.59. The molecule has 3 aliphatic heterocycles. The molecule has 2 amide bonds. The maximum atomic E-state index is 12.8. The number of anilines is 2. The Kier molecular flexibility index (Phi) is 7.40. The van der Waals surface area contributed by atoms with E-state index in [1.54, 1.807) is 6.07 Å². The Bertz CT molecular complexity index is 1120. The summed E-state index contributed by atoms with van der Waals surface area (Å²) in [5.41, 5.74) is 3.33. The first-order valence-electron chi connectivity index (χ1n) is 12.4. The second-order valence-electron chi connectivity index (χ2n) is 9.43. The molecule has 3 saturated heterocycles. The molecule has 3 aliphatic rings. The first kappa shape index (κ1) is 25.6. The van der Waals surface area contributed by atoms with Gasteiger partial charge in [-0.25, -0.2) is 4.79 Å². The number of urea groups is 1. The van der Waals surface area contributed by atoms with Gasteiger partial charge in [0.05, 0.1) is 19.3 Å². The highest BCUT2D eigenvalue weighted by atomic mass is 19.4. The number of carbonyl (C=O) groups is 1. The summed E-state index contributed by atoms with van der Waals surface area (Å²) in [7, 11) is 0. The molecule has 9 nitrogen and oxygen atoms in total. The van der Waals surface area contributed by atoms with Crippen LogP contribution in [0.15, 0.2) is 30.3 Å². The molecule has 1 aromatic carbocycles. The zero-order valence-corrected chi connectivity index (χ0v) is 20.5. The number of likely N-dealkylation sites (tertiary alicyclic amines) is 1. The first-order valence-corrected chi connectivity index (χ1v) is 12.4. The number of alkyl halides is 3. The Labute approximate surface area is 212 Å². The molecule has 0 radical (unpaired) electrons. The van der Waals surface area contributed by atoms with Gasteiger partial charge < -0.3 is 29.9 Å². The highest BCUT2D eigenvalue weighted by Gasteiger charge is 2.37. The van der Waals surface area contributed by atoms with Crippen molar-refractivity contribution >= 4 is 17.5 Å². The van der Waals surface area contributed by atoms with Crippen LogP contribution in [-0.2, 0) is 9.47 Å². The summed E-state index contributed by atoms with van der Waals surface area (Å²) in [4.78, 5) is 21.0. The van der Waals surface area contributed by atoms with Crippen LogP contribution in [0.25, 0.3) is 11.1 Å². The maximum absolute atomic E-state index is 12.8. The molecular weight excluding hydrogens is 491 g/mol. The highest BCUT2D eigenvalue weighted by molar-refractivity contribution is 5.90. The van der Waals surface area contributed by atoms with Gasteiger partial charge in [0.1, 0.15) is 11.9 Å². The van der Waals surface area contributed by atoms with Crippen LogP contribution >= 0.6 is 0 Å². The van der Waals surface area contributed by atoms with E-state index in [1.165, 1.54) is 4.90 Å². The minimum absolute atomic E-state index is 0.0672. The number of aromatic nitrogens is 1. The van der Waals surface area contributed by atoms with Crippen molar-refractivity contribution in [1.29, 1.82) is 0 Å². The Morgan fingerprint density at radius 3 is 2.62 bits per heavy atom. The molecule has 0 bridgehead atoms. The highest BCUT2D eigenvalue weighted by Crippen LogP contribution is 2.33. The van der Waals surface area contributed by atoms with Gasteiger partial charge in [-0.2, -0.15) is 4.98 Å². The van der Waals surface area contributed by atoms with Gasteiger partial charge in [-0.3, -0.25) is 4.74 Å². The van der Waals surface area contributed by atoms with Crippen LogP contribution in [0.5, 0.6) is 5.88 Å². The minimum Gasteiger partial charge on any atom is -0.472 e. The lowest BCUT2D eigenvalue weighted by atomic mass is 10.00. The van der Waals surface area contributed by atoms with Crippen molar-refractivity contribution in [2.24, 2.45) is 0 Å². The molecule has 0 aliphatic carbocycles. The molecule has 2 N–H and O–H groups in total. The number of halogens is 3. The molecule has 4 heterocycles. The van der Waals surface area contributed by atoms with Crippen molar-refractivity contribution in [3.8, 4) is 17.0 Å². The van der Waals surface area contributed by atoms with E-state index in [2.05, 4.69) is 20.3 Å². The predicted molar refractivity (Wildman–Crippen MR) is 131 cm³/mol. The largest absolute Gasteiger partial charge is 0.522 e. The van der Waals surface area contributed by atoms with E-state index in [4.69, 9.17) is 14.5 Å². The van der Waals surface area contributed by atoms with E-state index in [-0.39, 0.29) is 25.6 Å². The fraction of sp³-hybridized carbons (Fsp3) is 0.520. The van der Waals surface area contributed by atoms with E-state index in [1.807, 2.05) is 31.2 Å². The number of nitrogens with zero attached hydrogens (tertiary/aromatic N) is 3. The second-order valence-corrected chi connectivity index (χ2v) is 9.43. The minimum atomic E-state index is -4.72. The molecule has 37 heavy (non-hydrogen) atoms. The quantitative estimate of drug-likeness (QED) is 0.603. The van der Waals surface area contributed by atoms with Crippen LogP contribution in [0.4, 0.5) is 29.5 Å². The van der Waals surface area contributed by atoms with Gasteiger partial charge in [-0.15, -0.1) is 13.2 Å². The number of hydrogen-bond acceptors (Lipinski definition) is 7. The summed E-state index contributed by atoms with van der Waals surface area (Å²) in [6, 6.07) is 8.97. The lowest BCUT2D eigenvalue weighted by Gasteiger charge is -2.30. The molecule has 0 unspecified atom stereocenters. The second kappa shape index (κ2) is 10.7.